The zero-order valence-corrected chi connectivity index (χ0v) is 11.8. The first kappa shape index (κ1) is 15.2. The standard InChI is InChI=1S/C15H21NO3/c1-12(2)15(18)16(10-9-14(17)19-3)11-13-7-5-4-6-8-13/h4-8,12H,9-11H2,1-3H3. The molecule has 1 amide bonds. The van der Waals surface area contributed by atoms with Crippen LogP contribution in [0.4, 0.5) is 0 Å². The zero-order chi connectivity index (χ0) is 14.3. The molecule has 0 aliphatic heterocycles. The number of hydrogen-bond donors (Lipinski definition) is 0. The molecular weight excluding hydrogens is 242 g/mol. The van der Waals surface area contributed by atoms with E-state index in [2.05, 4.69) is 4.74 Å². The summed E-state index contributed by atoms with van der Waals surface area (Å²) in [6.45, 7) is 4.63. The number of nitrogens with zero attached hydrogens (tertiary/aromatic N) is 1. The van der Waals surface area contributed by atoms with Gasteiger partial charge < -0.3 is 9.64 Å². The molecule has 0 saturated carbocycles. The van der Waals surface area contributed by atoms with Crippen LogP contribution in [0, 0.1) is 5.92 Å². The fourth-order valence-corrected chi connectivity index (χ4v) is 1.76. The molecule has 0 heterocycles. The molecule has 0 bridgehead atoms. The van der Waals surface area contributed by atoms with Crippen molar-refractivity contribution in [1.29, 1.82) is 0 Å². The van der Waals surface area contributed by atoms with Gasteiger partial charge in [0.1, 0.15) is 0 Å². The Hall–Kier alpha value is -1.84. The Kier molecular flexibility index (Phi) is 6.06. The third kappa shape index (κ3) is 5.12. The van der Waals surface area contributed by atoms with Crippen molar-refractivity contribution in [3.8, 4) is 0 Å². The van der Waals surface area contributed by atoms with Gasteiger partial charge in [-0.15, -0.1) is 0 Å². The van der Waals surface area contributed by atoms with E-state index < -0.39 is 0 Å². The van der Waals surface area contributed by atoms with Crippen molar-refractivity contribution in [1.82, 2.24) is 4.90 Å². The van der Waals surface area contributed by atoms with Crippen molar-refractivity contribution in [2.75, 3.05) is 13.7 Å². The van der Waals surface area contributed by atoms with Crippen LogP contribution in [0.5, 0.6) is 0 Å². The molecule has 0 aliphatic carbocycles. The van der Waals surface area contributed by atoms with Crippen LogP contribution < -0.4 is 0 Å². The molecular formula is C15H21NO3. The zero-order valence-electron chi connectivity index (χ0n) is 11.8. The topological polar surface area (TPSA) is 46.6 Å². The maximum atomic E-state index is 12.1. The van der Waals surface area contributed by atoms with E-state index in [-0.39, 0.29) is 24.2 Å². The predicted molar refractivity (Wildman–Crippen MR) is 73.3 cm³/mol. The van der Waals surface area contributed by atoms with E-state index >= 15 is 0 Å². The molecule has 0 unspecified atom stereocenters. The van der Waals surface area contributed by atoms with Gasteiger partial charge in [-0.2, -0.15) is 0 Å². The van der Waals surface area contributed by atoms with Crippen LogP contribution in [0.25, 0.3) is 0 Å². The Balaban J connectivity index is 2.69. The van der Waals surface area contributed by atoms with Crippen LogP contribution >= 0.6 is 0 Å². The minimum atomic E-state index is -0.297. The van der Waals surface area contributed by atoms with Gasteiger partial charge in [-0.3, -0.25) is 9.59 Å². The molecule has 0 aromatic heterocycles. The van der Waals surface area contributed by atoms with Gasteiger partial charge in [0.15, 0.2) is 0 Å². The number of carbonyl (C=O) groups excluding carboxylic acids is 2. The number of esters is 1. The van der Waals surface area contributed by atoms with Crippen molar-refractivity contribution in [2.24, 2.45) is 5.92 Å². The second kappa shape index (κ2) is 7.56. The molecule has 0 saturated heterocycles. The molecule has 19 heavy (non-hydrogen) atoms. The molecule has 1 aromatic rings. The minimum Gasteiger partial charge on any atom is -0.469 e. The molecule has 0 aliphatic rings. The first-order valence-electron chi connectivity index (χ1n) is 6.44. The van der Waals surface area contributed by atoms with Crippen LogP contribution in [0.1, 0.15) is 25.8 Å². The monoisotopic (exact) mass is 263 g/mol. The molecule has 4 heteroatoms. The molecule has 0 radical (unpaired) electrons. The van der Waals surface area contributed by atoms with E-state index in [0.717, 1.165) is 5.56 Å². The Bertz CT molecular complexity index is 415. The SMILES string of the molecule is COC(=O)CCN(Cc1ccccc1)C(=O)C(C)C. The normalized spacial score (nSPS) is 10.3. The molecule has 0 fully saturated rings. The number of methoxy groups -OCH3 is 1. The van der Waals surface area contributed by atoms with Crippen LogP contribution in [0.15, 0.2) is 30.3 Å². The van der Waals surface area contributed by atoms with Gasteiger partial charge in [0.2, 0.25) is 5.91 Å². The Morgan fingerprint density at radius 3 is 2.37 bits per heavy atom. The summed E-state index contributed by atoms with van der Waals surface area (Å²) in [5.41, 5.74) is 1.06. The maximum Gasteiger partial charge on any atom is 0.307 e. The highest BCUT2D eigenvalue weighted by Crippen LogP contribution is 2.09. The Morgan fingerprint density at radius 1 is 1.21 bits per heavy atom. The second-order valence-electron chi connectivity index (χ2n) is 4.73. The van der Waals surface area contributed by atoms with Gasteiger partial charge in [0.05, 0.1) is 13.5 Å². The van der Waals surface area contributed by atoms with E-state index in [0.29, 0.717) is 13.1 Å². The lowest BCUT2D eigenvalue weighted by Crippen LogP contribution is -2.35. The largest absolute Gasteiger partial charge is 0.469 e. The highest BCUT2D eigenvalue weighted by molar-refractivity contribution is 5.79. The number of benzene rings is 1. The Labute approximate surface area is 114 Å². The molecule has 1 aromatic carbocycles. The summed E-state index contributed by atoms with van der Waals surface area (Å²) >= 11 is 0. The van der Waals surface area contributed by atoms with Gasteiger partial charge in [-0.05, 0) is 5.56 Å². The van der Waals surface area contributed by atoms with Gasteiger partial charge in [0.25, 0.3) is 0 Å². The first-order chi connectivity index (χ1) is 9.04. The van der Waals surface area contributed by atoms with Crippen LogP contribution in [-0.4, -0.2) is 30.4 Å². The van der Waals surface area contributed by atoms with Crippen LogP contribution in [-0.2, 0) is 20.9 Å². The van der Waals surface area contributed by atoms with Crippen molar-refractivity contribution < 1.29 is 14.3 Å². The number of hydrogen-bond acceptors (Lipinski definition) is 3. The summed E-state index contributed by atoms with van der Waals surface area (Å²) in [4.78, 5) is 25.0. The molecule has 1 rings (SSSR count). The molecule has 0 N–H and O–H groups in total. The predicted octanol–water partition coefficient (Wildman–Crippen LogP) is 2.23. The molecule has 0 spiro atoms. The van der Waals surface area contributed by atoms with E-state index in [4.69, 9.17) is 0 Å². The third-order valence-electron chi connectivity index (χ3n) is 2.84. The highest BCUT2D eigenvalue weighted by atomic mass is 16.5. The second-order valence-corrected chi connectivity index (χ2v) is 4.73. The number of ether oxygens (including phenoxy) is 1. The first-order valence-corrected chi connectivity index (χ1v) is 6.44. The number of amides is 1. The van der Waals surface area contributed by atoms with E-state index in [9.17, 15) is 9.59 Å². The average Bonchev–Trinajstić information content (AvgIpc) is 2.43. The van der Waals surface area contributed by atoms with E-state index in [1.165, 1.54) is 7.11 Å². The highest BCUT2D eigenvalue weighted by Gasteiger charge is 2.18. The lowest BCUT2D eigenvalue weighted by molar-refractivity contribution is -0.142. The number of rotatable bonds is 6. The average molecular weight is 263 g/mol. The van der Waals surface area contributed by atoms with Crippen molar-refractivity contribution >= 4 is 11.9 Å². The summed E-state index contributed by atoms with van der Waals surface area (Å²) in [5, 5.41) is 0. The van der Waals surface area contributed by atoms with Gasteiger partial charge in [0, 0.05) is 19.0 Å². The fraction of sp³-hybridized carbons (Fsp3) is 0.467. The molecule has 4 nitrogen and oxygen atoms in total. The van der Waals surface area contributed by atoms with E-state index in [1.807, 2.05) is 44.2 Å². The summed E-state index contributed by atoms with van der Waals surface area (Å²) in [7, 11) is 1.36. The number of carbonyl (C=O) groups is 2. The van der Waals surface area contributed by atoms with Crippen LogP contribution in [0.3, 0.4) is 0 Å². The lowest BCUT2D eigenvalue weighted by Gasteiger charge is -2.24. The Morgan fingerprint density at radius 2 is 1.84 bits per heavy atom. The van der Waals surface area contributed by atoms with E-state index in [1.54, 1.807) is 4.90 Å². The summed E-state index contributed by atoms with van der Waals surface area (Å²) in [6.07, 6.45) is 0.224. The quantitative estimate of drug-likeness (QED) is 0.739. The molecule has 0 atom stereocenters. The molecule has 104 valence electrons. The summed E-state index contributed by atoms with van der Waals surface area (Å²) < 4.78 is 4.61. The lowest BCUT2D eigenvalue weighted by atomic mass is 10.1. The third-order valence-corrected chi connectivity index (χ3v) is 2.84. The van der Waals surface area contributed by atoms with Gasteiger partial charge in [-0.25, -0.2) is 0 Å². The summed E-state index contributed by atoms with van der Waals surface area (Å²) in [5.74, 6) is -0.330. The maximum absolute atomic E-state index is 12.1. The summed E-state index contributed by atoms with van der Waals surface area (Å²) in [6, 6.07) is 9.76. The van der Waals surface area contributed by atoms with Crippen molar-refractivity contribution in [2.45, 2.75) is 26.8 Å². The van der Waals surface area contributed by atoms with Gasteiger partial charge >= 0.3 is 5.97 Å². The minimum absolute atomic E-state index is 0.0488. The fourth-order valence-electron chi connectivity index (χ4n) is 1.76. The van der Waals surface area contributed by atoms with Crippen molar-refractivity contribution in [3.63, 3.8) is 0 Å². The van der Waals surface area contributed by atoms with Gasteiger partial charge in [-0.1, -0.05) is 44.2 Å². The van der Waals surface area contributed by atoms with Crippen molar-refractivity contribution in [3.05, 3.63) is 35.9 Å². The van der Waals surface area contributed by atoms with Crippen LogP contribution in [0.2, 0.25) is 0 Å². The smallest absolute Gasteiger partial charge is 0.307 e.